The van der Waals surface area contributed by atoms with Crippen molar-refractivity contribution in [1.29, 1.82) is 0 Å². The van der Waals surface area contributed by atoms with Crippen molar-refractivity contribution < 1.29 is 9.53 Å². The first-order chi connectivity index (χ1) is 10.1. The summed E-state index contributed by atoms with van der Waals surface area (Å²) in [7, 11) is 0. The van der Waals surface area contributed by atoms with Crippen molar-refractivity contribution in [3.8, 4) is 5.75 Å². The quantitative estimate of drug-likeness (QED) is 0.841. The van der Waals surface area contributed by atoms with Crippen molar-refractivity contribution in [2.75, 3.05) is 24.6 Å². The van der Waals surface area contributed by atoms with Crippen molar-refractivity contribution >= 4 is 29.3 Å². The largest absolute Gasteiger partial charge is 0.489 e. The number of amides is 1. The van der Waals surface area contributed by atoms with Crippen LogP contribution in [0.4, 0.5) is 0 Å². The summed E-state index contributed by atoms with van der Waals surface area (Å²) >= 11 is 7.72. The van der Waals surface area contributed by atoms with Gasteiger partial charge in [0, 0.05) is 35.5 Å². The third-order valence-corrected chi connectivity index (χ3v) is 4.55. The fraction of sp³-hybridized carbons (Fsp3) is 0.533. The van der Waals surface area contributed by atoms with E-state index in [-0.39, 0.29) is 18.1 Å². The molecule has 6 heteroatoms. The zero-order valence-corrected chi connectivity index (χ0v) is 13.7. The van der Waals surface area contributed by atoms with Gasteiger partial charge in [-0.15, -0.1) is 0 Å². The van der Waals surface area contributed by atoms with Gasteiger partial charge >= 0.3 is 0 Å². The van der Waals surface area contributed by atoms with Crippen LogP contribution in [0.2, 0.25) is 5.02 Å². The predicted molar refractivity (Wildman–Crippen MR) is 88.3 cm³/mol. The molecule has 1 amide bonds. The summed E-state index contributed by atoms with van der Waals surface area (Å²) in [5, 5.41) is 6.96. The van der Waals surface area contributed by atoms with Crippen LogP contribution in [0.3, 0.4) is 0 Å². The molecule has 2 N–H and O–H groups in total. The Morgan fingerprint density at radius 1 is 1.52 bits per heavy atom. The Morgan fingerprint density at radius 2 is 2.29 bits per heavy atom. The molecule has 2 atom stereocenters. The molecule has 0 aromatic heterocycles. The van der Waals surface area contributed by atoms with E-state index in [4.69, 9.17) is 16.3 Å². The number of thioether (sulfide) groups is 1. The number of benzene rings is 1. The highest BCUT2D eigenvalue weighted by molar-refractivity contribution is 7.99. The Bertz CT molecular complexity index is 449. The van der Waals surface area contributed by atoms with Gasteiger partial charge in [-0.2, -0.15) is 11.8 Å². The molecule has 1 aromatic rings. The summed E-state index contributed by atoms with van der Waals surface area (Å²) < 4.78 is 5.72. The van der Waals surface area contributed by atoms with E-state index in [1.165, 1.54) is 0 Å². The number of carbonyl (C=O) groups is 1. The predicted octanol–water partition coefficient (Wildman–Crippen LogP) is 2.32. The van der Waals surface area contributed by atoms with Crippen LogP contribution >= 0.6 is 23.4 Å². The average Bonchev–Trinajstić information content (AvgIpc) is 2.49. The number of nitrogens with one attached hydrogen (secondary N) is 2. The van der Waals surface area contributed by atoms with Crippen LogP contribution in [0.5, 0.6) is 5.75 Å². The molecule has 0 radical (unpaired) electrons. The van der Waals surface area contributed by atoms with Gasteiger partial charge in [-0.25, -0.2) is 0 Å². The highest BCUT2D eigenvalue weighted by atomic mass is 35.5. The molecule has 1 aliphatic heterocycles. The lowest BCUT2D eigenvalue weighted by molar-refractivity contribution is -0.121. The Labute approximate surface area is 135 Å². The van der Waals surface area contributed by atoms with E-state index in [1.807, 2.05) is 30.8 Å². The summed E-state index contributed by atoms with van der Waals surface area (Å²) in [4.78, 5) is 11.9. The molecule has 0 saturated carbocycles. The standard InChI is InChI=1S/C15H21ClN2O2S/c1-11(20-14-4-2-12(16)3-5-14)9-18-15(19)8-13-10-21-7-6-17-13/h2-5,11,13,17H,6-10H2,1H3,(H,18,19). The first kappa shape index (κ1) is 16.5. The minimum atomic E-state index is -0.0798. The fourth-order valence-corrected chi connectivity index (χ4v) is 3.17. The van der Waals surface area contributed by atoms with Crippen LogP contribution in [-0.2, 0) is 4.79 Å². The van der Waals surface area contributed by atoms with Gasteiger partial charge in [-0.1, -0.05) is 11.6 Å². The summed E-state index contributed by atoms with van der Waals surface area (Å²) in [6, 6.07) is 7.51. The highest BCUT2D eigenvalue weighted by Gasteiger charge is 2.17. The number of halogens is 1. The van der Waals surface area contributed by atoms with E-state index >= 15 is 0 Å². The van der Waals surface area contributed by atoms with Crippen molar-refractivity contribution in [3.05, 3.63) is 29.3 Å². The molecule has 21 heavy (non-hydrogen) atoms. The van der Waals surface area contributed by atoms with E-state index < -0.39 is 0 Å². The monoisotopic (exact) mass is 328 g/mol. The summed E-state index contributed by atoms with van der Waals surface area (Å²) in [5.74, 6) is 2.96. The van der Waals surface area contributed by atoms with Gasteiger partial charge in [0.2, 0.25) is 5.91 Å². The van der Waals surface area contributed by atoms with Crippen molar-refractivity contribution in [2.24, 2.45) is 0 Å². The van der Waals surface area contributed by atoms with Crippen molar-refractivity contribution in [3.63, 3.8) is 0 Å². The number of hydrogen-bond donors (Lipinski definition) is 2. The van der Waals surface area contributed by atoms with Crippen LogP contribution < -0.4 is 15.4 Å². The molecule has 0 aliphatic carbocycles. The topological polar surface area (TPSA) is 50.4 Å². The van der Waals surface area contributed by atoms with Gasteiger partial charge in [-0.3, -0.25) is 4.79 Å². The Hall–Kier alpha value is -0.910. The van der Waals surface area contributed by atoms with Crippen LogP contribution in [0.15, 0.2) is 24.3 Å². The highest BCUT2D eigenvalue weighted by Crippen LogP contribution is 2.16. The average molecular weight is 329 g/mol. The number of hydrogen-bond acceptors (Lipinski definition) is 4. The van der Waals surface area contributed by atoms with Crippen molar-refractivity contribution in [1.82, 2.24) is 10.6 Å². The van der Waals surface area contributed by atoms with Crippen molar-refractivity contribution in [2.45, 2.75) is 25.5 Å². The Kier molecular flexibility index (Phi) is 6.67. The number of rotatable bonds is 6. The minimum Gasteiger partial charge on any atom is -0.489 e. The second kappa shape index (κ2) is 8.51. The van der Waals surface area contributed by atoms with Gasteiger partial charge in [0.25, 0.3) is 0 Å². The third kappa shape index (κ3) is 6.16. The SMILES string of the molecule is CC(CNC(=O)CC1CSCCN1)Oc1ccc(Cl)cc1. The minimum absolute atomic E-state index is 0.0709. The molecule has 1 aliphatic rings. The molecular weight excluding hydrogens is 308 g/mol. The summed E-state index contributed by atoms with van der Waals surface area (Å²) in [6.45, 7) is 3.42. The normalized spacial score (nSPS) is 19.8. The first-order valence-corrected chi connectivity index (χ1v) is 8.67. The molecular formula is C15H21ClN2O2S. The molecule has 2 unspecified atom stereocenters. The smallest absolute Gasteiger partial charge is 0.221 e. The van der Waals surface area contributed by atoms with Crippen LogP contribution in [-0.4, -0.2) is 42.6 Å². The number of ether oxygens (including phenoxy) is 1. The second-order valence-electron chi connectivity index (χ2n) is 5.12. The molecule has 0 bridgehead atoms. The molecule has 1 aromatic carbocycles. The molecule has 2 rings (SSSR count). The zero-order chi connectivity index (χ0) is 15.1. The van der Waals surface area contributed by atoms with E-state index in [0.29, 0.717) is 18.0 Å². The number of carbonyl (C=O) groups excluding carboxylic acids is 1. The lowest BCUT2D eigenvalue weighted by Gasteiger charge is -2.23. The van der Waals surface area contributed by atoms with Crippen LogP contribution in [0, 0.1) is 0 Å². The van der Waals surface area contributed by atoms with E-state index in [2.05, 4.69) is 10.6 Å². The fourth-order valence-electron chi connectivity index (χ4n) is 2.09. The van der Waals surface area contributed by atoms with Crippen LogP contribution in [0.25, 0.3) is 0 Å². The maximum atomic E-state index is 11.9. The molecule has 4 nitrogen and oxygen atoms in total. The van der Waals surface area contributed by atoms with Gasteiger partial charge in [-0.05, 0) is 31.2 Å². The molecule has 0 spiro atoms. The lowest BCUT2D eigenvalue weighted by atomic mass is 10.2. The summed E-state index contributed by atoms with van der Waals surface area (Å²) in [5.41, 5.74) is 0. The van der Waals surface area contributed by atoms with Gasteiger partial charge in [0.1, 0.15) is 11.9 Å². The second-order valence-corrected chi connectivity index (χ2v) is 6.70. The molecule has 1 saturated heterocycles. The Balaban J connectivity index is 1.66. The molecule has 116 valence electrons. The Morgan fingerprint density at radius 3 is 2.95 bits per heavy atom. The molecule has 1 fully saturated rings. The maximum absolute atomic E-state index is 11.9. The van der Waals surface area contributed by atoms with Gasteiger partial charge < -0.3 is 15.4 Å². The first-order valence-electron chi connectivity index (χ1n) is 7.13. The third-order valence-electron chi connectivity index (χ3n) is 3.17. The lowest BCUT2D eigenvalue weighted by Crippen LogP contribution is -2.42. The van der Waals surface area contributed by atoms with Gasteiger partial charge in [0.05, 0.1) is 6.54 Å². The van der Waals surface area contributed by atoms with E-state index in [9.17, 15) is 4.79 Å². The van der Waals surface area contributed by atoms with E-state index in [1.54, 1.807) is 12.1 Å². The van der Waals surface area contributed by atoms with E-state index in [0.717, 1.165) is 23.8 Å². The van der Waals surface area contributed by atoms with Crippen LogP contribution in [0.1, 0.15) is 13.3 Å². The zero-order valence-electron chi connectivity index (χ0n) is 12.1. The summed E-state index contributed by atoms with van der Waals surface area (Å²) in [6.07, 6.45) is 0.449. The maximum Gasteiger partial charge on any atom is 0.221 e. The molecule has 1 heterocycles. The van der Waals surface area contributed by atoms with Gasteiger partial charge in [0.15, 0.2) is 0 Å².